The van der Waals surface area contributed by atoms with Crippen LogP contribution < -0.4 is 10.5 Å². The van der Waals surface area contributed by atoms with Crippen LogP contribution in [-0.4, -0.2) is 50.7 Å². The molecule has 2 aliphatic rings. The molecular weight excluding hydrogens is 316 g/mol. The van der Waals surface area contributed by atoms with E-state index >= 15 is 0 Å². The zero-order valence-electron chi connectivity index (χ0n) is 12.9. The lowest BCUT2D eigenvalue weighted by molar-refractivity contribution is -0.131. The van der Waals surface area contributed by atoms with Crippen molar-refractivity contribution in [3.63, 3.8) is 0 Å². The van der Waals surface area contributed by atoms with E-state index in [-0.39, 0.29) is 16.6 Å². The molecule has 1 amide bonds. The van der Waals surface area contributed by atoms with E-state index in [1.54, 1.807) is 30.0 Å². The maximum atomic E-state index is 12.5. The number of amidine groups is 1. The molecule has 7 nitrogen and oxygen atoms in total. The smallest absolute Gasteiger partial charge is 0.263 e. The predicted octanol–water partition coefficient (Wildman–Crippen LogP) is -0.0792. The number of hydrogen-bond acceptors (Lipinski definition) is 5. The molecular formula is C15H20N4O3S. The van der Waals surface area contributed by atoms with Gasteiger partial charge in [0.2, 0.25) is 5.91 Å². The van der Waals surface area contributed by atoms with Gasteiger partial charge in [0.15, 0.2) is 0 Å². The second-order valence-electron chi connectivity index (χ2n) is 5.93. The molecule has 3 N–H and O–H groups in total. The quantitative estimate of drug-likeness (QED) is 0.805. The van der Waals surface area contributed by atoms with Gasteiger partial charge in [0, 0.05) is 18.7 Å². The van der Waals surface area contributed by atoms with Gasteiger partial charge in [-0.1, -0.05) is 12.1 Å². The molecule has 124 valence electrons. The zero-order valence-corrected chi connectivity index (χ0v) is 13.7. The lowest BCUT2D eigenvalue weighted by Crippen LogP contribution is -2.37. The van der Waals surface area contributed by atoms with Gasteiger partial charge in [-0.05, 0) is 37.9 Å². The van der Waals surface area contributed by atoms with Crippen molar-refractivity contribution in [2.75, 3.05) is 19.6 Å². The third-order valence-corrected chi connectivity index (χ3v) is 5.67. The average molecular weight is 336 g/mol. The Kier molecular flexibility index (Phi) is 4.11. The fraction of sp³-hybridized carbons (Fsp3) is 0.467. The Morgan fingerprint density at radius 3 is 2.91 bits per heavy atom. The summed E-state index contributed by atoms with van der Waals surface area (Å²) in [6.07, 6.45) is 0.904. The average Bonchev–Trinajstić information content (AvgIpc) is 3.10. The molecule has 1 fully saturated rings. The standard InChI is InChI=1S/C15H20N4O3S/c1-10(15(20)19-7-6-11(8-16)9-19)17-14-12-4-2-3-5-13(12)23(21,22)18-14/h2-5,10-11H,6-9,16H2,1H3,(H,17,18). The first kappa shape index (κ1) is 15.9. The Labute approximate surface area is 135 Å². The van der Waals surface area contributed by atoms with Crippen LogP contribution in [0.15, 0.2) is 34.2 Å². The molecule has 0 radical (unpaired) electrons. The summed E-state index contributed by atoms with van der Waals surface area (Å²) in [6.45, 7) is 3.57. The zero-order chi connectivity index (χ0) is 16.6. The van der Waals surface area contributed by atoms with Crippen LogP contribution in [0.4, 0.5) is 0 Å². The highest BCUT2D eigenvalue weighted by atomic mass is 32.2. The monoisotopic (exact) mass is 336 g/mol. The van der Waals surface area contributed by atoms with Crippen LogP contribution in [0.3, 0.4) is 0 Å². The molecule has 0 bridgehead atoms. The van der Waals surface area contributed by atoms with Crippen molar-refractivity contribution in [2.45, 2.75) is 24.3 Å². The van der Waals surface area contributed by atoms with E-state index in [1.165, 1.54) is 6.07 Å². The Morgan fingerprint density at radius 2 is 2.22 bits per heavy atom. The highest BCUT2D eigenvalue weighted by Gasteiger charge is 2.33. The minimum absolute atomic E-state index is 0.1000. The lowest BCUT2D eigenvalue weighted by Gasteiger charge is -2.19. The summed E-state index contributed by atoms with van der Waals surface area (Å²) in [5.74, 6) is 0.470. The molecule has 0 aromatic heterocycles. The summed E-state index contributed by atoms with van der Waals surface area (Å²) >= 11 is 0. The number of fused-ring (bicyclic) bond motifs is 1. The number of aliphatic imine (C=N–C) groups is 1. The van der Waals surface area contributed by atoms with Gasteiger partial charge in [0.1, 0.15) is 11.9 Å². The van der Waals surface area contributed by atoms with Crippen molar-refractivity contribution < 1.29 is 13.2 Å². The van der Waals surface area contributed by atoms with Crippen LogP contribution in [0.5, 0.6) is 0 Å². The molecule has 1 saturated heterocycles. The minimum Gasteiger partial charge on any atom is -0.341 e. The number of amides is 1. The maximum absolute atomic E-state index is 12.5. The summed E-state index contributed by atoms with van der Waals surface area (Å²) < 4.78 is 26.5. The van der Waals surface area contributed by atoms with E-state index in [2.05, 4.69) is 9.71 Å². The van der Waals surface area contributed by atoms with Crippen molar-refractivity contribution in [3.05, 3.63) is 29.8 Å². The normalized spacial score (nSPS) is 25.2. The molecule has 2 aliphatic heterocycles. The van der Waals surface area contributed by atoms with Gasteiger partial charge in [-0.2, -0.15) is 0 Å². The number of nitrogens with two attached hydrogens (primary N) is 1. The second kappa shape index (κ2) is 5.93. The molecule has 2 atom stereocenters. The topological polar surface area (TPSA) is 105 Å². The number of sulfonamides is 1. The van der Waals surface area contributed by atoms with Gasteiger partial charge in [0.05, 0.1) is 4.90 Å². The molecule has 0 spiro atoms. The van der Waals surface area contributed by atoms with Crippen molar-refractivity contribution in [1.29, 1.82) is 0 Å². The number of likely N-dealkylation sites (tertiary alicyclic amines) is 1. The highest BCUT2D eigenvalue weighted by Crippen LogP contribution is 2.23. The Hall–Kier alpha value is -1.93. The van der Waals surface area contributed by atoms with E-state index in [4.69, 9.17) is 5.73 Å². The summed E-state index contributed by atoms with van der Waals surface area (Å²) in [6, 6.07) is 5.97. The number of nitrogens with zero attached hydrogens (tertiary/aromatic N) is 2. The van der Waals surface area contributed by atoms with Crippen LogP contribution in [0.2, 0.25) is 0 Å². The summed E-state index contributed by atoms with van der Waals surface area (Å²) in [7, 11) is -3.58. The number of benzene rings is 1. The van der Waals surface area contributed by atoms with Gasteiger partial charge < -0.3 is 10.6 Å². The minimum atomic E-state index is -3.58. The molecule has 0 saturated carbocycles. The van der Waals surface area contributed by atoms with Gasteiger partial charge >= 0.3 is 0 Å². The highest BCUT2D eigenvalue weighted by molar-refractivity contribution is 7.90. The number of carbonyl (C=O) groups excluding carboxylic acids is 1. The van der Waals surface area contributed by atoms with E-state index in [1.807, 2.05) is 0 Å². The van der Waals surface area contributed by atoms with Crippen LogP contribution in [0.1, 0.15) is 18.9 Å². The van der Waals surface area contributed by atoms with E-state index in [9.17, 15) is 13.2 Å². The predicted molar refractivity (Wildman–Crippen MR) is 86.5 cm³/mol. The molecule has 8 heteroatoms. The van der Waals surface area contributed by atoms with Crippen molar-refractivity contribution >= 4 is 21.8 Å². The van der Waals surface area contributed by atoms with Crippen molar-refractivity contribution in [3.8, 4) is 0 Å². The lowest BCUT2D eigenvalue weighted by atomic mass is 10.1. The van der Waals surface area contributed by atoms with Crippen LogP contribution in [0.25, 0.3) is 0 Å². The Balaban J connectivity index is 1.81. The molecule has 0 aliphatic carbocycles. The van der Waals surface area contributed by atoms with Gasteiger partial charge in [-0.15, -0.1) is 0 Å². The maximum Gasteiger partial charge on any atom is 0.263 e. The first-order valence-corrected chi connectivity index (χ1v) is 9.09. The van der Waals surface area contributed by atoms with E-state index < -0.39 is 16.1 Å². The summed E-state index contributed by atoms with van der Waals surface area (Å²) in [5, 5.41) is 0. The Bertz CT molecular complexity index is 760. The van der Waals surface area contributed by atoms with Crippen LogP contribution in [-0.2, 0) is 14.8 Å². The van der Waals surface area contributed by atoms with Crippen LogP contribution in [0, 0.1) is 5.92 Å². The van der Waals surface area contributed by atoms with E-state index in [0.29, 0.717) is 31.1 Å². The van der Waals surface area contributed by atoms with Crippen molar-refractivity contribution in [2.24, 2.45) is 16.6 Å². The first-order chi connectivity index (χ1) is 10.9. The third kappa shape index (κ3) is 2.96. The fourth-order valence-electron chi connectivity index (χ4n) is 2.97. The number of hydrogen-bond donors (Lipinski definition) is 2. The molecule has 3 rings (SSSR count). The third-order valence-electron chi connectivity index (χ3n) is 4.27. The van der Waals surface area contributed by atoms with Crippen molar-refractivity contribution in [1.82, 2.24) is 9.62 Å². The van der Waals surface area contributed by atoms with Gasteiger partial charge in [0.25, 0.3) is 10.0 Å². The van der Waals surface area contributed by atoms with E-state index in [0.717, 1.165) is 6.42 Å². The molecule has 23 heavy (non-hydrogen) atoms. The number of carbonyl (C=O) groups is 1. The summed E-state index contributed by atoms with van der Waals surface area (Å²) in [5.41, 5.74) is 6.15. The number of rotatable bonds is 3. The largest absolute Gasteiger partial charge is 0.341 e. The fourth-order valence-corrected chi connectivity index (χ4v) is 4.21. The second-order valence-corrected chi connectivity index (χ2v) is 7.58. The SMILES string of the molecule is CC(N=C1NS(=O)(=O)c2ccccc21)C(=O)N1CCC(CN)C1. The summed E-state index contributed by atoms with van der Waals surface area (Å²) in [4.78, 5) is 18.7. The molecule has 2 heterocycles. The molecule has 1 aromatic carbocycles. The van der Waals surface area contributed by atoms with Crippen LogP contribution >= 0.6 is 0 Å². The molecule has 1 aromatic rings. The molecule has 2 unspecified atom stereocenters. The van der Waals surface area contributed by atoms with Gasteiger partial charge in [-0.3, -0.25) is 14.5 Å². The Morgan fingerprint density at radius 1 is 1.48 bits per heavy atom. The van der Waals surface area contributed by atoms with Gasteiger partial charge in [-0.25, -0.2) is 8.42 Å². The first-order valence-electron chi connectivity index (χ1n) is 7.61. The number of nitrogens with one attached hydrogen (secondary N) is 1.